The summed E-state index contributed by atoms with van der Waals surface area (Å²) in [6.45, 7) is 7.48. The van der Waals surface area contributed by atoms with Gasteiger partial charge in [-0.1, -0.05) is 12.1 Å². The normalized spacial score (nSPS) is 16.2. The average Bonchev–Trinajstić information content (AvgIpc) is 2.72. The third-order valence-electron chi connectivity index (χ3n) is 3.48. The lowest BCUT2D eigenvalue weighted by molar-refractivity contribution is -0.122. The summed E-state index contributed by atoms with van der Waals surface area (Å²) in [7, 11) is 0. The zero-order valence-electron chi connectivity index (χ0n) is 12.7. The Bertz CT molecular complexity index is 443. The Labute approximate surface area is 126 Å². The van der Waals surface area contributed by atoms with Crippen LogP contribution in [-0.2, 0) is 4.79 Å². The molecule has 1 aliphatic heterocycles. The second-order valence-corrected chi connectivity index (χ2v) is 5.39. The van der Waals surface area contributed by atoms with Crippen LogP contribution in [0.25, 0.3) is 0 Å². The van der Waals surface area contributed by atoms with Gasteiger partial charge in [0.1, 0.15) is 12.4 Å². The van der Waals surface area contributed by atoms with E-state index in [9.17, 15) is 4.79 Å². The Hall–Kier alpha value is -1.59. The van der Waals surface area contributed by atoms with Crippen molar-refractivity contribution in [3.05, 3.63) is 29.8 Å². The molecule has 116 valence electrons. The second-order valence-electron chi connectivity index (χ2n) is 5.39. The van der Waals surface area contributed by atoms with E-state index in [-0.39, 0.29) is 5.91 Å². The molecule has 21 heavy (non-hydrogen) atoms. The van der Waals surface area contributed by atoms with E-state index in [4.69, 9.17) is 4.74 Å². The van der Waals surface area contributed by atoms with Gasteiger partial charge in [-0.2, -0.15) is 0 Å². The van der Waals surface area contributed by atoms with E-state index in [0.29, 0.717) is 19.7 Å². The van der Waals surface area contributed by atoms with Crippen molar-refractivity contribution >= 4 is 5.91 Å². The Morgan fingerprint density at radius 1 is 1.38 bits per heavy atom. The quantitative estimate of drug-likeness (QED) is 0.761. The minimum atomic E-state index is 0.0738. The smallest absolute Gasteiger partial charge is 0.234 e. The average molecular weight is 291 g/mol. The molecule has 5 heteroatoms. The van der Waals surface area contributed by atoms with E-state index in [2.05, 4.69) is 15.5 Å². The number of hydrogen-bond donors (Lipinski definition) is 2. The maximum Gasteiger partial charge on any atom is 0.234 e. The molecule has 0 bridgehead atoms. The van der Waals surface area contributed by atoms with Gasteiger partial charge in [-0.05, 0) is 44.1 Å². The standard InChI is InChI=1S/C16H25N3O2/c1-14-4-2-5-15(12-14)21-11-8-18-16(20)13-19-9-3-6-17-7-10-19/h2,4-5,12,17H,3,6-11,13H2,1H3,(H,18,20). The van der Waals surface area contributed by atoms with Crippen LogP contribution in [0.1, 0.15) is 12.0 Å². The SMILES string of the molecule is Cc1cccc(OCCNC(=O)CN2CCCNCC2)c1. The summed E-state index contributed by atoms with van der Waals surface area (Å²) in [6, 6.07) is 7.92. The fourth-order valence-corrected chi connectivity index (χ4v) is 2.38. The molecule has 1 fully saturated rings. The van der Waals surface area contributed by atoms with Crippen LogP contribution >= 0.6 is 0 Å². The molecule has 5 nitrogen and oxygen atoms in total. The van der Waals surface area contributed by atoms with Gasteiger partial charge in [0.2, 0.25) is 5.91 Å². The molecule has 0 unspecified atom stereocenters. The Kier molecular flexibility index (Phi) is 6.50. The highest BCUT2D eigenvalue weighted by Gasteiger charge is 2.12. The number of benzene rings is 1. The molecule has 1 heterocycles. The molecule has 0 saturated carbocycles. The second kappa shape index (κ2) is 8.64. The number of nitrogens with one attached hydrogen (secondary N) is 2. The van der Waals surface area contributed by atoms with Gasteiger partial charge in [0.15, 0.2) is 0 Å². The summed E-state index contributed by atoms with van der Waals surface area (Å²) in [6.07, 6.45) is 1.10. The van der Waals surface area contributed by atoms with Crippen molar-refractivity contribution in [2.24, 2.45) is 0 Å². The van der Waals surface area contributed by atoms with Crippen molar-refractivity contribution in [3.8, 4) is 5.75 Å². The number of aryl methyl sites for hydroxylation is 1. The first-order valence-corrected chi connectivity index (χ1v) is 7.63. The van der Waals surface area contributed by atoms with Crippen molar-refractivity contribution in [1.82, 2.24) is 15.5 Å². The minimum Gasteiger partial charge on any atom is -0.492 e. The summed E-state index contributed by atoms with van der Waals surface area (Å²) >= 11 is 0. The van der Waals surface area contributed by atoms with Crippen molar-refractivity contribution in [2.75, 3.05) is 45.9 Å². The van der Waals surface area contributed by atoms with E-state index in [1.54, 1.807) is 0 Å². The Morgan fingerprint density at radius 2 is 2.29 bits per heavy atom. The lowest BCUT2D eigenvalue weighted by atomic mass is 10.2. The first-order valence-electron chi connectivity index (χ1n) is 7.63. The van der Waals surface area contributed by atoms with Crippen molar-refractivity contribution in [1.29, 1.82) is 0 Å². The van der Waals surface area contributed by atoms with Gasteiger partial charge < -0.3 is 15.4 Å². The summed E-state index contributed by atoms with van der Waals surface area (Å²) in [5, 5.41) is 6.24. The molecule has 0 aromatic heterocycles. The number of carbonyl (C=O) groups is 1. The highest BCUT2D eigenvalue weighted by atomic mass is 16.5. The predicted molar refractivity (Wildman–Crippen MR) is 83.6 cm³/mol. The molecule has 1 aromatic carbocycles. The molecule has 0 atom stereocenters. The minimum absolute atomic E-state index is 0.0738. The maximum atomic E-state index is 11.9. The van der Waals surface area contributed by atoms with E-state index in [1.165, 1.54) is 5.56 Å². The summed E-state index contributed by atoms with van der Waals surface area (Å²) < 4.78 is 5.61. The van der Waals surface area contributed by atoms with Crippen LogP contribution in [0.15, 0.2) is 24.3 Å². The van der Waals surface area contributed by atoms with Gasteiger partial charge >= 0.3 is 0 Å². The van der Waals surface area contributed by atoms with Crippen LogP contribution in [-0.4, -0.2) is 56.7 Å². The van der Waals surface area contributed by atoms with Crippen LogP contribution in [0.3, 0.4) is 0 Å². The number of carbonyl (C=O) groups excluding carboxylic acids is 1. The fourth-order valence-electron chi connectivity index (χ4n) is 2.38. The molecule has 1 saturated heterocycles. The first-order chi connectivity index (χ1) is 10.2. The molecule has 2 rings (SSSR count). The van der Waals surface area contributed by atoms with E-state index in [0.717, 1.165) is 38.3 Å². The van der Waals surface area contributed by atoms with Gasteiger partial charge in [-0.25, -0.2) is 0 Å². The van der Waals surface area contributed by atoms with Crippen molar-refractivity contribution < 1.29 is 9.53 Å². The van der Waals surface area contributed by atoms with Gasteiger partial charge in [-0.3, -0.25) is 9.69 Å². The van der Waals surface area contributed by atoms with Crippen LogP contribution < -0.4 is 15.4 Å². The summed E-state index contributed by atoms with van der Waals surface area (Å²) in [4.78, 5) is 14.1. The van der Waals surface area contributed by atoms with Gasteiger partial charge in [0.25, 0.3) is 0 Å². The number of rotatable bonds is 6. The van der Waals surface area contributed by atoms with Crippen molar-refractivity contribution in [3.63, 3.8) is 0 Å². The summed E-state index contributed by atoms with van der Waals surface area (Å²) in [5.41, 5.74) is 1.17. The zero-order valence-corrected chi connectivity index (χ0v) is 12.7. The molecular weight excluding hydrogens is 266 g/mol. The Morgan fingerprint density at radius 3 is 3.14 bits per heavy atom. The largest absolute Gasteiger partial charge is 0.492 e. The van der Waals surface area contributed by atoms with E-state index < -0.39 is 0 Å². The monoisotopic (exact) mass is 291 g/mol. The topological polar surface area (TPSA) is 53.6 Å². The lowest BCUT2D eigenvalue weighted by Crippen LogP contribution is -2.40. The zero-order chi connectivity index (χ0) is 14.9. The third-order valence-corrected chi connectivity index (χ3v) is 3.48. The molecule has 1 aliphatic rings. The molecule has 2 N–H and O–H groups in total. The highest BCUT2D eigenvalue weighted by Crippen LogP contribution is 2.11. The van der Waals surface area contributed by atoms with E-state index in [1.807, 2.05) is 31.2 Å². The third kappa shape index (κ3) is 6.14. The molecule has 0 radical (unpaired) electrons. The Balaban J connectivity index is 1.60. The van der Waals surface area contributed by atoms with Crippen molar-refractivity contribution in [2.45, 2.75) is 13.3 Å². The van der Waals surface area contributed by atoms with Crippen LogP contribution in [0.2, 0.25) is 0 Å². The lowest BCUT2D eigenvalue weighted by Gasteiger charge is -2.18. The molecular formula is C16H25N3O2. The number of amides is 1. The molecule has 0 spiro atoms. The molecule has 1 amide bonds. The van der Waals surface area contributed by atoms with Gasteiger partial charge in [-0.15, -0.1) is 0 Å². The molecule has 0 aliphatic carbocycles. The fraction of sp³-hybridized carbons (Fsp3) is 0.562. The van der Waals surface area contributed by atoms with Crippen LogP contribution in [0.4, 0.5) is 0 Å². The number of hydrogen-bond acceptors (Lipinski definition) is 4. The number of ether oxygens (including phenoxy) is 1. The van der Waals surface area contributed by atoms with Crippen LogP contribution in [0.5, 0.6) is 5.75 Å². The first kappa shape index (κ1) is 15.8. The predicted octanol–water partition coefficient (Wildman–Crippen LogP) is 0.785. The van der Waals surface area contributed by atoms with Gasteiger partial charge in [0.05, 0.1) is 13.1 Å². The van der Waals surface area contributed by atoms with Crippen LogP contribution in [0, 0.1) is 6.92 Å². The number of nitrogens with zero attached hydrogens (tertiary/aromatic N) is 1. The summed E-state index contributed by atoms with van der Waals surface area (Å²) in [5.74, 6) is 0.924. The highest BCUT2D eigenvalue weighted by molar-refractivity contribution is 5.77. The molecule has 1 aromatic rings. The maximum absolute atomic E-state index is 11.9. The van der Waals surface area contributed by atoms with Gasteiger partial charge in [0, 0.05) is 13.1 Å². The van der Waals surface area contributed by atoms with E-state index >= 15 is 0 Å².